The Morgan fingerprint density at radius 1 is 1.29 bits per heavy atom. The van der Waals surface area contributed by atoms with Gasteiger partial charge in [-0.3, -0.25) is 4.79 Å². The largest absolute Gasteiger partial charge is 0.398 e. The fourth-order valence-electron chi connectivity index (χ4n) is 1.57. The lowest BCUT2D eigenvalue weighted by molar-refractivity contribution is 0.104. The van der Waals surface area contributed by atoms with Crippen molar-refractivity contribution in [3.63, 3.8) is 0 Å². The maximum atomic E-state index is 12.3. The van der Waals surface area contributed by atoms with Crippen molar-refractivity contribution in [1.82, 2.24) is 0 Å². The van der Waals surface area contributed by atoms with E-state index in [4.69, 9.17) is 5.73 Å². The summed E-state index contributed by atoms with van der Waals surface area (Å²) in [6.07, 6.45) is 0. The third-order valence-corrected chi connectivity index (χ3v) is 4.67. The van der Waals surface area contributed by atoms with E-state index in [1.165, 1.54) is 11.3 Å². The van der Waals surface area contributed by atoms with Gasteiger partial charge in [0.05, 0.1) is 4.88 Å². The molecule has 1 aromatic heterocycles. The van der Waals surface area contributed by atoms with Gasteiger partial charge in [-0.15, -0.1) is 11.3 Å². The predicted molar refractivity (Wildman–Crippen MR) is 75.8 cm³/mol. The molecule has 0 bridgehead atoms. The number of carbonyl (C=O) groups excluding carboxylic acids is 1. The van der Waals surface area contributed by atoms with Gasteiger partial charge in [-0.1, -0.05) is 11.6 Å². The number of rotatable bonds is 2. The molecular weight excluding hydrogens is 298 g/mol. The minimum absolute atomic E-state index is 0.00926. The highest BCUT2D eigenvalue weighted by Crippen LogP contribution is 2.29. The molecule has 0 aliphatic rings. The summed E-state index contributed by atoms with van der Waals surface area (Å²) >= 11 is 4.90. The van der Waals surface area contributed by atoms with Crippen LogP contribution in [0.3, 0.4) is 0 Å². The summed E-state index contributed by atoms with van der Waals surface area (Å²) in [5, 5.41) is 0. The Bertz CT molecular complexity index is 570. The van der Waals surface area contributed by atoms with Crippen LogP contribution in [0.1, 0.15) is 25.7 Å². The van der Waals surface area contributed by atoms with Crippen LogP contribution < -0.4 is 5.73 Å². The van der Waals surface area contributed by atoms with Crippen LogP contribution >= 0.6 is 27.3 Å². The van der Waals surface area contributed by atoms with Crippen molar-refractivity contribution in [3.05, 3.63) is 49.6 Å². The lowest BCUT2D eigenvalue weighted by Crippen LogP contribution is -2.03. The quantitative estimate of drug-likeness (QED) is 0.674. The molecule has 0 spiro atoms. The molecule has 17 heavy (non-hydrogen) atoms. The molecule has 0 saturated carbocycles. The maximum Gasteiger partial charge on any atom is 0.205 e. The van der Waals surface area contributed by atoms with Crippen LogP contribution in [0.5, 0.6) is 0 Å². The van der Waals surface area contributed by atoms with Gasteiger partial charge in [0, 0.05) is 20.6 Å². The molecule has 0 radical (unpaired) electrons. The van der Waals surface area contributed by atoms with Crippen LogP contribution in [0.25, 0.3) is 0 Å². The van der Waals surface area contributed by atoms with Crippen LogP contribution in [-0.4, -0.2) is 5.78 Å². The first kappa shape index (κ1) is 12.3. The van der Waals surface area contributed by atoms with E-state index in [9.17, 15) is 4.79 Å². The fraction of sp³-hybridized carbons (Fsp3) is 0.154. The number of benzene rings is 1. The predicted octanol–water partition coefficient (Wildman–Crippen LogP) is 3.94. The molecule has 0 fully saturated rings. The third kappa shape index (κ3) is 2.42. The SMILES string of the molecule is Cc1ccc(N)c(C(=O)c2cc(Br)c(C)s2)c1. The first-order valence-electron chi connectivity index (χ1n) is 5.16. The summed E-state index contributed by atoms with van der Waals surface area (Å²) in [5.41, 5.74) is 7.99. The van der Waals surface area contributed by atoms with Crippen molar-refractivity contribution in [2.45, 2.75) is 13.8 Å². The molecule has 0 aliphatic heterocycles. The van der Waals surface area contributed by atoms with E-state index in [2.05, 4.69) is 15.9 Å². The van der Waals surface area contributed by atoms with Crippen LogP contribution in [0.4, 0.5) is 5.69 Å². The first-order chi connectivity index (χ1) is 7.99. The second-order valence-corrected chi connectivity index (χ2v) is 6.05. The summed E-state index contributed by atoms with van der Waals surface area (Å²) in [6.45, 7) is 3.93. The number of ketones is 1. The molecule has 0 unspecified atom stereocenters. The van der Waals surface area contributed by atoms with Crippen molar-refractivity contribution in [3.8, 4) is 0 Å². The first-order valence-corrected chi connectivity index (χ1v) is 6.76. The van der Waals surface area contributed by atoms with E-state index in [0.29, 0.717) is 16.1 Å². The van der Waals surface area contributed by atoms with Gasteiger partial charge < -0.3 is 5.73 Å². The van der Waals surface area contributed by atoms with Crippen molar-refractivity contribution in [2.75, 3.05) is 5.73 Å². The highest BCUT2D eigenvalue weighted by molar-refractivity contribution is 9.10. The number of halogens is 1. The highest BCUT2D eigenvalue weighted by Gasteiger charge is 2.15. The summed E-state index contributed by atoms with van der Waals surface area (Å²) in [6, 6.07) is 7.37. The second kappa shape index (κ2) is 4.63. The molecular formula is C13H12BrNOS. The molecule has 2 aromatic rings. The average molecular weight is 310 g/mol. The second-order valence-electron chi connectivity index (χ2n) is 3.93. The minimum atomic E-state index is -0.00926. The minimum Gasteiger partial charge on any atom is -0.398 e. The number of hydrogen-bond acceptors (Lipinski definition) is 3. The Balaban J connectivity index is 2.47. The topological polar surface area (TPSA) is 43.1 Å². The zero-order chi connectivity index (χ0) is 12.6. The molecule has 1 aromatic carbocycles. The number of thiophene rings is 1. The number of carbonyl (C=O) groups is 1. The van der Waals surface area contributed by atoms with E-state index in [-0.39, 0.29) is 5.78 Å². The summed E-state index contributed by atoms with van der Waals surface area (Å²) in [5.74, 6) is -0.00926. The zero-order valence-corrected chi connectivity index (χ0v) is 12.0. The van der Waals surface area contributed by atoms with Crippen LogP contribution in [0.2, 0.25) is 0 Å². The van der Waals surface area contributed by atoms with Crippen LogP contribution in [0.15, 0.2) is 28.7 Å². The zero-order valence-electron chi connectivity index (χ0n) is 9.58. The number of nitrogen functional groups attached to an aromatic ring is 1. The fourth-order valence-corrected chi connectivity index (χ4v) is 3.06. The van der Waals surface area contributed by atoms with Gasteiger partial charge in [0.15, 0.2) is 0 Å². The van der Waals surface area contributed by atoms with E-state index in [0.717, 1.165) is 14.9 Å². The lowest BCUT2D eigenvalue weighted by atomic mass is 10.0. The Morgan fingerprint density at radius 2 is 2.00 bits per heavy atom. The molecule has 2 rings (SSSR count). The van der Waals surface area contributed by atoms with Gasteiger partial charge >= 0.3 is 0 Å². The van der Waals surface area contributed by atoms with Crippen LogP contribution in [0, 0.1) is 13.8 Å². The average Bonchev–Trinajstić information content (AvgIpc) is 2.62. The smallest absolute Gasteiger partial charge is 0.205 e. The molecule has 2 nitrogen and oxygen atoms in total. The highest BCUT2D eigenvalue weighted by atomic mass is 79.9. The summed E-state index contributed by atoms with van der Waals surface area (Å²) < 4.78 is 0.970. The Hall–Kier alpha value is -1.13. The molecule has 1 heterocycles. The van der Waals surface area contributed by atoms with E-state index >= 15 is 0 Å². The van der Waals surface area contributed by atoms with Crippen molar-refractivity contribution >= 4 is 38.7 Å². The molecule has 0 aliphatic carbocycles. The van der Waals surface area contributed by atoms with Crippen molar-refractivity contribution in [2.24, 2.45) is 0 Å². The van der Waals surface area contributed by atoms with Gasteiger partial charge in [0.25, 0.3) is 0 Å². The molecule has 0 saturated heterocycles. The molecule has 4 heteroatoms. The lowest BCUT2D eigenvalue weighted by Gasteiger charge is -2.04. The maximum absolute atomic E-state index is 12.3. The van der Waals surface area contributed by atoms with E-state index < -0.39 is 0 Å². The van der Waals surface area contributed by atoms with E-state index in [1.54, 1.807) is 6.07 Å². The Kier molecular flexibility index (Phi) is 3.35. The van der Waals surface area contributed by atoms with Gasteiger partial charge in [-0.05, 0) is 48.0 Å². The van der Waals surface area contributed by atoms with Crippen molar-refractivity contribution in [1.29, 1.82) is 0 Å². The normalized spacial score (nSPS) is 10.5. The number of hydrogen-bond donors (Lipinski definition) is 1. The van der Waals surface area contributed by atoms with Gasteiger partial charge in [0.1, 0.15) is 0 Å². The van der Waals surface area contributed by atoms with E-state index in [1.807, 2.05) is 32.0 Å². The molecule has 0 atom stereocenters. The molecule has 88 valence electrons. The number of aryl methyl sites for hydroxylation is 2. The van der Waals surface area contributed by atoms with Crippen molar-refractivity contribution < 1.29 is 4.79 Å². The summed E-state index contributed by atoms with van der Waals surface area (Å²) in [4.78, 5) is 14.1. The summed E-state index contributed by atoms with van der Waals surface area (Å²) in [7, 11) is 0. The number of anilines is 1. The Labute approximate surface area is 113 Å². The standard InChI is InChI=1S/C13H12BrNOS/c1-7-3-4-11(15)9(5-7)13(16)12-6-10(14)8(2)17-12/h3-6H,15H2,1-2H3. The Morgan fingerprint density at radius 3 is 2.59 bits per heavy atom. The van der Waals surface area contributed by atoms with Gasteiger partial charge in [-0.2, -0.15) is 0 Å². The third-order valence-electron chi connectivity index (χ3n) is 2.53. The number of nitrogens with two attached hydrogens (primary N) is 1. The monoisotopic (exact) mass is 309 g/mol. The van der Waals surface area contributed by atoms with Gasteiger partial charge in [0.2, 0.25) is 5.78 Å². The molecule has 0 amide bonds. The van der Waals surface area contributed by atoms with Crippen LogP contribution in [-0.2, 0) is 0 Å². The van der Waals surface area contributed by atoms with Gasteiger partial charge in [-0.25, -0.2) is 0 Å². The molecule has 2 N–H and O–H groups in total.